The van der Waals surface area contributed by atoms with Crippen LogP contribution in [0.3, 0.4) is 0 Å². The predicted molar refractivity (Wildman–Crippen MR) is 117 cm³/mol. The highest BCUT2D eigenvalue weighted by Crippen LogP contribution is 2.27. The van der Waals surface area contributed by atoms with Crippen LogP contribution in [0.25, 0.3) is 11.2 Å². The van der Waals surface area contributed by atoms with Crippen LogP contribution in [-0.4, -0.2) is 69.5 Å². The summed E-state index contributed by atoms with van der Waals surface area (Å²) in [6.07, 6.45) is 2.82. The number of carbonyl (C=O) groups is 2. The maximum Gasteiger partial charge on any atom is 0.282 e. The van der Waals surface area contributed by atoms with Gasteiger partial charge in [0.25, 0.3) is 11.8 Å². The summed E-state index contributed by atoms with van der Waals surface area (Å²) >= 11 is 6.04. The van der Waals surface area contributed by atoms with E-state index in [1.807, 2.05) is 12.4 Å². The van der Waals surface area contributed by atoms with Crippen LogP contribution >= 0.6 is 11.6 Å². The molecule has 0 aliphatic carbocycles. The number of carbonyl (C=O) groups excluding carboxylic acids is 2. The van der Waals surface area contributed by atoms with Crippen molar-refractivity contribution in [1.29, 1.82) is 5.41 Å². The number of quaternary nitrogens is 1. The summed E-state index contributed by atoms with van der Waals surface area (Å²) in [5, 5.41) is 13.5. The van der Waals surface area contributed by atoms with Gasteiger partial charge in [-0.2, -0.15) is 0 Å². The van der Waals surface area contributed by atoms with Crippen LogP contribution < -0.4 is 10.6 Å². The van der Waals surface area contributed by atoms with Crippen molar-refractivity contribution >= 4 is 46.0 Å². The molecule has 1 fully saturated rings. The van der Waals surface area contributed by atoms with Crippen LogP contribution in [0.5, 0.6) is 0 Å². The average Bonchev–Trinajstić information content (AvgIpc) is 3.19. The molecular formula is C21H21ClF2N7O2+. The molecule has 5 N–H and O–H groups in total. The Bertz CT molecular complexity index is 1270. The van der Waals surface area contributed by atoms with Gasteiger partial charge in [-0.3, -0.25) is 15.0 Å². The number of H-pyrrole nitrogens is 1. The van der Waals surface area contributed by atoms with Gasteiger partial charge in [0, 0.05) is 17.3 Å². The van der Waals surface area contributed by atoms with E-state index in [9.17, 15) is 18.4 Å². The van der Waals surface area contributed by atoms with Crippen molar-refractivity contribution in [3.63, 3.8) is 0 Å². The van der Waals surface area contributed by atoms with Crippen LogP contribution in [-0.2, 0) is 4.79 Å². The lowest BCUT2D eigenvalue weighted by Gasteiger charge is -2.39. The Morgan fingerprint density at radius 3 is 2.73 bits per heavy atom. The van der Waals surface area contributed by atoms with Crippen LogP contribution in [0.4, 0.5) is 14.5 Å². The molecule has 0 spiro atoms. The molecular weight excluding hydrogens is 456 g/mol. The van der Waals surface area contributed by atoms with Crippen LogP contribution in [0.2, 0.25) is 5.02 Å². The van der Waals surface area contributed by atoms with Crippen LogP contribution in [0.1, 0.15) is 28.5 Å². The Labute approximate surface area is 192 Å². The standard InChI is InChI=1S/C21H20ClF2N7O2/c1-10(20(33)31-8-21(23,24)9-31)29-19(32)13-6-27-18-17(13)30-15(7-28-18)16(25)12-4-3-11(22)5-14(12)26-2/h3-7,10,25-26H,8-9H2,1-2H3,(H,27,28)(H,29,32)/p+1. The zero-order chi connectivity index (χ0) is 23.9. The van der Waals surface area contributed by atoms with Gasteiger partial charge in [0.15, 0.2) is 5.65 Å². The molecule has 3 aromatic rings. The molecule has 0 saturated carbocycles. The minimum absolute atomic E-state index is 0.101. The van der Waals surface area contributed by atoms with E-state index in [4.69, 9.17) is 17.0 Å². The fourth-order valence-electron chi connectivity index (χ4n) is 3.60. The number of nitrogens with zero attached hydrogens (tertiary/aromatic N) is 3. The van der Waals surface area contributed by atoms with Gasteiger partial charge in [-0.05, 0) is 19.1 Å². The highest BCUT2D eigenvalue weighted by Gasteiger charge is 2.47. The van der Waals surface area contributed by atoms with Gasteiger partial charge in [0.2, 0.25) is 5.91 Å². The monoisotopic (exact) mass is 476 g/mol. The summed E-state index contributed by atoms with van der Waals surface area (Å²) < 4.78 is 26.1. The van der Waals surface area contributed by atoms with E-state index in [-0.39, 0.29) is 22.5 Å². The summed E-state index contributed by atoms with van der Waals surface area (Å²) in [6, 6.07) is 4.12. The topological polar surface area (TPSA) is 131 Å². The Hall–Kier alpha value is -3.44. The molecule has 4 rings (SSSR count). The minimum Gasteiger partial charge on any atom is -0.344 e. The molecule has 1 saturated heterocycles. The SMILES string of the molecule is C[NH2+]c1cc(Cl)ccc1C(=N)c1cnc2[nH]cc(C(=O)NC(C)C(=O)N3CC(F)(F)C3)c2n1. The lowest BCUT2D eigenvalue weighted by atomic mass is 10.1. The van der Waals surface area contributed by atoms with Crippen molar-refractivity contribution in [3.05, 3.63) is 52.4 Å². The first-order valence-corrected chi connectivity index (χ1v) is 10.5. The molecule has 0 radical (unpaired) electrons. The number of rotatable bonds is 6. The van der Waals surface area contributed by atoms with Gasteiger partial charge in [-0.25, -0.2) is 18.7 Å². The molecule has 1 aliphatic rings. The van der Waals surface area contributed by atoms with Gasteiger partial charge < -0.3 is 20.5 Å². The second-order valence-electron chi connectivity index (χ2n) is 7.80. The van der Waals surface area contributed by atoms with E-state index >= 15 is 0 Å². The van der Waals surface area contributed by atoms with Crippen LogP contribution in [0, 0.1) is 5.41 Å². The molecule has 1 atom stereocenters. The average molecular weight is 477 g/mol. The Kier molecular flexibility index (Phi) is 5.85. The lowest BCUT2D eigenvalue weighted by molar-refractivity contribution is -0.539. The summed E-state index contributed by atoms with van der Waals surface area (Å²) in [5.41, 5.74) is 2.38. The smallest absolute Gasteiger partial charge is 0.282 e. The number of hydrogen-bond donors (Lipinski definition) is 4. The normalized spacial score (nSPS) is 15.7. The zero-order valence-corrected chi connectivity index (χ0v) is 18.5. The summed E-state index contributed by atoms with van der Waals surface area (Å²) in [4.78, 5) is 37.6. The zero-order valence-electron chi connectivity index (χ0n) is 17.7. The van der Waals surface area contributed by atoms with Gasteiger partial charge in [0.05, 0.1) is 43.2 Å². The van der Waals surface area contributed by atoms with Gasteiger partial charge in [-0.15, -0.1) is 0 Å². The first-order valence-electron chi connectivity index (χ1n) is 10.1. The van der Waals surface area contributed by atoms with Gasteiger partial charge >= 0.3 is 0 Å². The van der Waals surface area contributed by atoms with E-state index in [0.29, 0.717) is 16.2 Å². The number of nitrogens with one attached hydrogen (secondary N) is 3. The number of fused-ring (bicyclic) bond motifs is 1. The minimum atomic E-state index is -2.88. The molecule has 2 aromatic heterocycles. The van der Waals surface area contributed by atoms with Gasteiger partial charge in [-0.1, -0.05) is 11.6 Å². The van der Waals surface area contributed by atoms with E-state index in [1.54, 1.807) is 18.2 Å². The second-order valence-corrected chi connectivity index (χ2v) is 8.23. The molecule has 172 valence electrons. The Morgan fingerprint density at radius 1 is 1.33 bits per heavy atom. The third-order valence-electron chi connectivity index (χ3n) is 5.35. The van der Waals surface area contributed by atoms with Crippen molar-refractivity contribution in [2.45, 2.75) is 18.9 Å². The summed E-state index contributed by atoms with van der Waals surface area (Å²) in [5.74, 6) is -4.08. The van der Waals surface area contributed by atoms with Crippen molar-refractivity contribution in [2.75, 3.05) is 20.1 Å². The third-order valence-corrected chi connectivity index (χ3v) is 5.58. The highest BCUT2D eigenvalue weighted by atomic mass is 35.5. The Morgan fingerprint density at radius 2 is 2.06 bits per heavy atom. The number of hydrogen-bond acceptors (Lipinski definition) is 5. The number of aromatic amines is 1. The molecule has 33 heavy (non-hydrogen) atoms. The fourth-order valence-corrected chi connectivity index (χ4v) is 3.78. The third kappa shape index (κ3) is 4.41. The first kappa shape index (κ1) is 22.7. The molecule has 9 nitrogen and oxygen atoms in total. The van der Waals surface area contributed by atoms with Crippen molar-refractivity contribution in [2.24, 2.45) is 0 Å². The maximum atomic E-state index is 13.0. The molecule has 0 bridgehead atoms. The number of aromatic nitrogens is 3. The van der Waals surface area contributed by atoms with E-state index in [2.05, 4.69) is 20.3 Å². The number of halogens is 3. The number of benzene rings is 1. The van der Waals surface area contributed by atoms with Crippen molar-refractivity contribution in [3.8, 4) is 0 Å². The van der Waals surface area contributed by atoms with Crippen molar-refractivity contribution < 1.29 is 23.7 Å². The molecule has 3 heterocycles. The first-order chi connectivity index (χ1) is 15.6. The molecule has 2 amide bonds. The largest absolute Gasteiger partial charge is 0.344 e. The van der Waals surface area contributed by atoms with Gasteiger partial charge in [0.1, 0.15) is 22.9 Å². The number of likely N-dealkylation sites (tertiary alicyclic amines) is 1. The second kappa shape index (κ2) is 8.49. The highest BCUT2D eigenvalue weighted by molar-refractivity contribution is 6.31. The number of nitrogens with two attached hydrogens (primary N) is 1. The van der Waals surface area contributed by atoms with E-state index in [0.717, 1.165) is 10.6 Å². The Balaban J connectivity index is 1.56. The maximum absolute atomic E-state index is 13.0. The quantitative estimate of drug-likeness (QED) is 0.316. The lowest BCUT2D eigenvalue weighted by Crippen LogP contribution is -2.73. The summed E-state index contributed by atoms with van der Waals surface area (Å²) in [7, 11) is 1.83. The van der Waals surface area contributed by atoms with E-state index in [1.165, 1.54) is 19.3 Å². The van der Waals surface area contributed by atoms with E-state index < -0.39 is 36.9 Å². The molecule has 1 aromatic carbocycles. The number of amides is 2. The van der Waals surface area contributed by atoms with Crippen LogP contribution in [0.15, 0.2) is 30.6 Å². The fraction of sp³-hybridized carbons (Fsp3) is 0.286. The molecule has 1 aliphatic heterocycles. The predicted octanol–water partition coefficient (Wildman–Crippen LogP) is 1.45. The summed E-state index contributed by atoms with van der Waals surface area (Å²) in [6.45, 7) is 0.123. The molecule has 1 unspecified atom stereocenters. The number of alkyl halides is 2. The van der Waals surface area contributed by atoms with Crippen molar-refractivity contribution in [1.82, 2.24) is 25.2 Å². The molecule has 12 heteroatoms.